The van der Waals surface area contributed by atoms with Crippen LogP contribution in [0, 0.1) is 17.6 Å². The first-order valence-corrected chi connectivity index (χ1v) is 4.45. The zero-order valence-electron chi connectivity index (χ0n) is 8.39. The van der Waals surface area contributed by atoms with Gasteiger partial charge < -0.3 is 10.1 Å². The summed E-state index contributed by atoms with van der Waals surface area (Å²) in [5.41, 5.74) is 0. The predicted molar refractivity (Wildman–Crippen MR) is 49.2 cm³/mol. The molecule has 0 amide bonds. The van der Waals surface area contributed by atoms with Gasteiger partial charge >= 0.3 is 5.97 Å². The van der Waals surface area contributed by atoms with E-state index in [-0.39, 0.29) is 13.2 Å². The Kier molecular flexibility index (Phi) is 4.10. The Bertz CT molecular complexity index is 399. The number of nitrogens with zero attached hydrogens (tertiary/aromatic N) is 1. The number of ether oxygens (including phenoxy) is 1. The van der Waals surface area contributed by atoms with E-state index >= 15 is 0 Å². The molecule has 0 aliphatic heterocycles. The molecule has 1 aromatic heterocycles. The number of carbonyl (C=O) groups excluding carboxylic acids is 1. The molecule has 0 spiro atoms. The Morgan fingerprint density at radius 2 is 2.12 bits per heavy atom. The first-order valence-electron chi connectivity index (χ1n) is 4.45. The minimum atomic E-state index is -1.44. The van der Waals surface area contributed by atoms with Crippen LogP contribution in [0.3, 0.4) is 0 Å². The van der Waals surface area contributed by atoms with Crippen molar-refractivity contribution in [2.24, 2.45) is 0 Å². The molecule has 0 saturated carbocycles. The maximum absolute atomic E-state index is 13.0. The van der Waals surface area contributed by atoms with Crippen LogP contribution < -0.4 is 5.32 Å². The Morgan fingerprint density at radius 1 is 1.44 bits per heavy atom. The summed E-state index contributed by atoms with van der Waals surface area (Å²) in [4.78, 5) is 13.8. The van der Waals surface area contributed by atoms with Crippen LogP contribution in [0.15, 0.2) is 6.07 Å². The average Bonchev–Trinajstić information content (AvgIpc) is 2.22. The molecule has 1 N–H and O–H groups in total. The molecule has 0 aromatic carbocycles. The predicted octanol–water partition coefficient (Wildman–Crippen LogP) is 1.47. The SMILES string of the molecule is CCOC(=O)CNc1nc(F)c(F)cc1F. The van der Waals surface area contributed by atoms with Gasteiger partial charge in [-0.3, -0.25) is 4.79 Å². The molecular weight excluding hydrogens is 225 g/mol. The molecule has 0 unspecified atom stereocenters. The number of halogens is 3. The first kappa shape index (κ1) is 12.3. The van der Waals surface area contributed by atoms with Gasteiger partial charge in [-0.1, -0.05) is 0 Å². The number of pyridine rings is 1. The lowest BCUT2D eigenvalue weighted by atomic mass is 10.4. The summed E-state index contributed by atoms with van der Waals surface area (Å²) < 4.78 is 42.6. The highest BCUT2D eigenvalue weighted by Crippen LogP contribution is 2.13. The topological polar surface area (TPSA) is 51.2 Å². The number of anilines is 1. The summed E-state index contributed by atoms with van der Waals surface area (Å²) in [5, 5.41) is 2.20. The van der Waals surface area contributed by atoms with Crippen LogP contribution in [-0.4, -0.2) is 24.1 Å². The molecule has 1 aromatic rings. The molecule has 1 rings (SSSR count). The molecule has 0 saturated heterocycles. The molecule has 0 bridgehead atoms. The maximum atomic E-state index is 13.0. The van der Waals surface area contributed by atoms with Crippen LogP contribution >= 0.6 is 0 Å². The van der Waals surface area contributed by atoms with Crippen molar-refractivity contribution in [2.45, 2.75) is 6.92 Å². The lowest BCUT2D eigenvalue weighted by Gasteiger charge is -2.06. The first-order chi connectivity index (χ1) is 7.54. The summed E-state index contributed by atoms with van der Waals surface area (Å²) in [7, 11) is 0. The molecule has 0 atom stereocenters. The van der Waals surface area contributed by atoms with Gasteiger partial charge in [-0.2, -0.15) is 9.37 Å². The van der Waals surface area contributed by atoms with Crippen molar-refractivity contribution in [1.29, 1.82) is 0 Å². The molecule has 0 aliphatic rings. The van der Waals surface area contributed by atoms with Crippen molar-refractivity contribution in [1.82, 2.24) is 4.98 Å². The molecule has 0 radical (unpaired) electrons. The second-order valence-corrected chi connectivity index (χ2v) is 2.75. The van der Waals surface area contributed by atoms with E-state index in [4.69, 9.17) is 0 Å². The van der Waals surface area contributed by atoms with E-state index in [0.29, 0.717) is 6.07 Å². The van der Waals surface area contributed by atoms with Gasteiger partial charge in [0.15, 0.2) is 17.5 Å². The highest BCUT2D eigenvalue weighted by molar-refractivity contribution is 5.74. The monoisotopic (exact) mass is 234 g/mol. The van der Waals surface area contributed by atoms with E-state index in [9.17, 15) is 18.0 Å². The third kappa shape index (κ3) is 3.11. The van der Waals surface area contributed by atoms with Crippen molar-refractivity contribution >= 4 is 11.8 Å². The molecule has 0 aliphatic carbocycles. The second kappa shape index (κ2) is 5.34. The van der Waals surface area contributed by atoms with Gasteiger partial charge in [0.2, 0.25) is 0 Å². The van der Waals surface area contributed by atoms with E-state index in [2.05, 4.69) is 15.0 Å². The highest BCUT2D eigenvalue weighted by atomic mass is 19.2. The van der Waals surface area contributed by atoms with E-state index in [1.807, 2.05) is 0 Å². The average molecular weight is 234 g/mol. The third-order valence-corrected chi connectivity index (χ3v) is 1.59. The highest BCUT2D eigenvalue weighted by Gasteiger charge is 2.12. The smallest absolute Gasteiger partial charge is 0.325 e. The summed E-state index contributed by atoms with van der Waals surface area (Å²) >= 11 is 0. The zero-order chi connectivity index (χ0) is 12.1. The lowest BCUT2D eigenvalue weighted by molar-refractivity contribution is -0.140. The van der Waals surface area contributed by atoms with E-state index < -0.39 is 29.4 Å². The molecular formula is C9H9F3N2O2. The number of hydrogen-bond donors (Lipinski definition) is 1. The molecule has 16 heavy (non-hydrogen) atoms. The Balaban J connectivity index is 2.67. The van der Waals surface area contributed by atoms with Crippen LogP contribution in [0.5, 0.6) is 0 Å². The largest absolute Gasteiger partial charge is 0.465 e. The molecule has 1 heterocycles. The van der Waals surface area contributed by atoms with Gasteiger partial charge in [0.25, 0.3) is 5.95 Å². The lowest BCUT2D eigenvalue weighted by Crippen LogP contribution is -2.18. The number of aromatic nitrogens is 1. The summed E-state index contributed by atoms with van der Waals surface area (Å²) in [6, 6.07) is 0.343. The van der Waals surface area contributed by atoms with Crippen molar-refractivity contribution in [2.75, 3.05) is 18.5 Å². The fraction of sp³-hybridized carbons (Fsp3) is 0.333. The number of hydrogen-bond acceptors (Lipinski definition) is 4. The van der Waals surface area contributed by atoms with Gasteiger partial charge in [0.1, 0.15) is 6.54 Å². The van der Waals surface area contributed by atoms with Crippen LogP contribution in [0.25, 0.3) is 0 Å². The van der Waals surface area contributed by atoms with Crippen LogP contribution in [-0.2, 0) is 9.53 Å². The zero-order valence-corrected chi connectivity index (χ0v) is 8.39. The fourth-order valence-corrected chi connectivity index (χ4v) is 0.936. The Hall–Kier alpha value is -1.79. The quantitative estimate of drug-likeness (QED) is 0.633. The standard InChI is InChI=1S/C9H9F3N2O2/c1-2-16-7(15)4-13-9-6(11)3-5(10)8(12)14-9/h3H,2,4H2,1H3,(H,13,14). The van der Waals surface area contributed by atoms with Crippen LogP contribution in [0.4, 0.5) is 19.0 Å². The Morgan fingerprint density at radius 3 is 2.75 bits per heavy atom. The van der Waals surface area contributed by atoms with Crippen molar-refractivity contribution in [3.8, 4) is 0 Å². The minimum Gasteiger partial charge on any atom is -0.465 e. The van der Waals surface area contributed by atoms with E-state index in [1.165, 1.54) is 0 Å². The van der Waals surface area contributed by atoms with Gasteiger partial charge in [0, 0.05) is 6.07 Å². The van der Waals surface area contributed by atoms with E-state index in [1.54, 1.807) is 6.92 Å². The molecule has 7 heteroatoms. The van der Waals surface area contributed by atoms with Gasteiger partial charge in [-0.05, 0) is 6.92 Å². The summed E-state index contributed by atoms with van der Waals surface area (Å²) in [6.45, 7) is 1.41. The fourth-order valence-electron chi connectivity index (χ4n) is 0.936. The van der Waals surface area contributed by atoms with Gasteiger partial charge in [0.05, 0.1) is 6.61 Å². The van der Waals surface area contributed by atoms with Crippen LogP contribution in [0.2, 0.25) is 0 Å². The van der Waals surface area contributed by atoms with Crippen molar-refractivity contribution in [3.05, 3.63) is 23.6 Å². The normalized spacial score (nSPS) is 10.0. The van der Waals surface area contributed by atoms with E-state index in [0.717, 1.165) is 0 Å². The van der Waals surface area contributed by atoms with Gasteiger partial charge in [-0.25, -0.2) is 8.78 Å². The van der Waals surface area contributed by atoms with Crippen molar-refractivity contribution < 1.29 is 22.7 Å². The summed E-state index contributed by atoms with van der Waals surface area (Å²) in [5.74, 6) is -5.09. The Labute approximate surface area is 89.4 Å². The maximum Gasteiger partial charge on any atom is 0.325 e. The van der Waals surface area contributed by atoms with Crippen molar-refractivity contribution in [3.63, 3.8) is 0 Å². The van der Waals surface area contributed by atoms with Gasteiger partial charge in [-0.15, -0.1) is 0 Å². The minimum absolute atomic E-state index is 0.175. The third-order valence-electron chi connectivity index (χ3n) is 1.59. The van der Waals surface area contributed by atoms with Crippen LogP contribution in [0.1, 0.15) is 6.92 Å². The number of carbonyl (C=O) groups is 1. The number of nitrogens with one attached hydrogen (secondary N) is 1. The number of rotatable bonds is 4. The molecule has 4 nitrogen and oxygen atoms in total. The second-order valence-electron chi connectivity index (χ2n) is 2.75. The molecule has 0 fully saturated rings. The summed E-state index contributed by atoms with van der Waals surface area (Å²) in [6.07, 6.45) is 0. The molecule has 88 valence electrons. The number of esters is 1.